The van der Waals surface area contributed by atoms with Crippen molar-refractivity contribution in [3.63, 3.8) is 0 Å². The van der Waals surface area contributed by atoms with Crippen molar-refractivity contribution in [2.45, 2.75) is 84.7 Å². The molecule has 0 amide bonds. The van der Waals surface area contributed by atoms with E-state index in [4.69, 9.17) is 0 Å². The lowest BCUT2D eigenvalue weighted by atomic mass is 9.45. The van der Waals surface area contributed by atoms with Crippen LogP contribution < -0.4 is 0 Å². The summed E-state index contributed by atoms with van der Waals surface area (Å²) < 4.78 is 0. The molecule has 8 atom stereocenters. The molecule has 0 spiro atoms. The van der Waals surface area contributed by atoms with E-state index in [0.29, 0.717) is 41.8 Å². The van der Waals surface area contributed by atoms with Gasteiger partial charge in [0.1, 0.15) is 0 Å². The SMILES string of the molecule is CC(C)C/C=C/[C@@](C)(O)[C@H]1CC[C@H]2[C@@H]3CC[C@H]4CC(=O)C=C[C@]4(C)[C@H]3CC[C@@]21CO. The Hall–Kier alpha value is -0.930. The quantitative estimate of drug-likeness (QED) is 0.599. The van der Waals surface area contributed by atoms with Crippen LogP contribution in [-0.2, 0) is 4.79 Å². The van der Waals surface area contributed by atoms with Crippen LogP contribution in [0, 0.1) is 46.3 Å². The van der Waals surface area contributed by atoms with E-state index in [1.807, 2.05) is 19.1 Å². The highest BCUT2D eigenvalue weighted by Crippen LogP contribution is 2.67. The summed E-state index contributed by atoms with van der Waals surface area (Å²) in [6.07, 6.45) is 16.5. The minimum Gasteiger partial charge on any atom is -0.396 e. The molecule has 3 saturated carbocycles. The zero-order valence-electron chi connectivity index (χ0n) is 19.4. The number of ketones is 1. The molecule has 0 aromatic carbocycles. The summed E-state index contributed by atoms with van der Waals surface area (Å²) in [6.45, 7) is 8.94. The molecule has 3 nitrogen and oxygen atoms in total. The number of rotatable bonds is 5. The third-order valence-corrected chi connectivity index (χ3v) is 9.82. The zero-order valence-corrected chi connectivity index (χ0v) is 19.4. The second kappa shape index (κ2) is 7.89. The van der Waals surface area contributed by atoms with Crippen molar-refractivity contribution in [1.29, 1.82) is 0 Å². The number of allylic oxidation sites excluding steroid dienone is 3. The highest BCUT2D eigenvalue weighted by molar-refractivity contribution is 5.91. The van der Waals surface area contributed by atoms with Gasteiger partial charge >= 0.3 is 0 Å². The maximum atomic E-state index is 12.0. The Morgan fingerprint density at radius 3 is 2.67 bits per heavy atom. The van der Waals surface area contributed by atoms with Crippen molar-refractivity contribution in [3.8, 4) is 0 Å². The van der Waals surface area contributed by atoms with Crippen LogP contribution >= 0.6 is 0 Å². The predicted molar refractivity (Wildman–Crippen MR) is 121 cm³/mol. The third kappa shape index (κ3) is 3.45. The van der Waals surface area contributed by atoms with Gasteiger partial charge in [-0.3, -0.25) is 4.79 Å². The maximum absolute atomic E-state index is 12.0. The van der Waals surface area contributed by atoms with Crippen molar-refractivity contribution in [2.75, 3.05) is 6.61 Å². The molecule has 4 rings (SSSR count). The van der Waals surface area contributed by atoms with Crippen molar-refractivity contribution in [1.82, 2.24) is 0 Å². The van der Waals surface area contributed by atoms with Gasteiger partial charge in [0.15, 0.2) is 5.78 Å². The minimum absolute atomic E-state index is 0.121. The van der Waals surface area contributed by atoms with Gasteiger partial charge in [-0.2, -0.15) is 0 Å². The van der Waals surface area contributed by atoms with Crippen molar-refractivity contribution >= 4 is 5.78 Å². The highest BCUT2D eigenvalue weighted by Gasteiger charge is 2.63. The number of aliphatic hydroxyl groups excluding tert-OH is 1. The molecule has 30 heavy (non-hydrogen) atoms. The van der Waals surface area contributed by atoms with Crippen molar-refractivity contribution < 1.29 is 15.0 Å². The van der Waals surface area contributed by atoms with Gasteiger partial charge in [0.25, 0.3) is 0 Å². The van der Waals surface area contributed by atoms with Gasteiger partial charge < -0.3 is 10.2 Å². The molecule has 0 aromatic heterocycles. The van der Waals surface area contributed by atoms with E-state index in [0.717, 1.165) is 38.5 Å². The molecule has 4 aliphatic carbocycles. The van der Waals surface area contributed by atoms with E-state index in [1.54, 1.807) is 0 Å². The lowest BCUT2D eigenvalue weighted by Gasteiger charge is -2.60. The Morgan fingerprint density at radius 2 is 1.97 bits per heavy atom. The molecule has 2 N–H and O–H groups in total. The first kappa shape index (κ1) is 22.3. The maximum Gasteiger partial charge on any atom is 0.155 e. The van der Waals surface area contributed by atoms with E-state index in [9.17, 15) is 15.0 Å². The normalized spacial score (nSPS) is 45.3. The standard InChI is InChI=1S/C27H42O3/c1-18(2)6-5-13-26(4,30)24-10-9-23-21-8-7-19-16-20(29)11-14-25(19,3)22(21)12-15-27(23,24)17-28/h5,11,13-14,18-19,21-24,28,30H,6-10,12,15-17H2,1-4H3/b13-5+/t19-,21+,22-,23-,24+,25-,26+,27+/m0/s1. The predicted octanol–water partition coefficient (Wildman–Crippen LogP) is 5.32. The Bertz CT molecular complexity index is 720. The Labute approximate surface area is 183 Å². The summed E-state index contributed by atoms with van der Waals surface area (Å²) in [6, 6.07) is 0. The summed E-state index contributed by atoms with van der Waals surface area (Å²) in [4.78, 5) is 12.0. The number of aliphatic hydroxyl groups is 2. The van der Waals surface area contributed by atoms with E-state index >= 15 is 0 Å². The molecule has 0 unspecified atom stereocenters. The van der Waals surface area contributed by atoms with E-state index < -0.39 is 5.60 Å². The second-order valence-corrected chi connectivity index (χ2v) is 11.8. The molecule has 3 heteroatoms. The number of fused-ring (bicyclic) bond motifs is 5. The lowest BCUT2D eigenvalue weighted by molar-refractivity contribution is -0.136. The molecule has 0 heterocycles. The fourth-order valence-electron chi connectivity index (χ4n) is 8.32. The topological polar surface area (TPSA) is 57.5 Å². The molecule has 168 valence electrons. The Kier molecular flexibility index (Phi) is 5.85. The van der Waals surface area contributed by atoms with Crippen LogP contribution in [0.3, 0.4) is 0 Å². The largest absolute Gasteiger partial charge is 0.396 e. The van der Waals surface area contributed by atoms with E-state index in [1.165, 1.54) is 6.42 Å². The Morgan fingerprint density at radius 1 is 1.20 bits per heavy atom. The van der Waals surface area contributed by atoms with E-state index in [-0.39, 0.29) is 23.4 Å². The molecular weight excluding hydrogens is 372 g/mol. The van der Waals surface area contributed by atoms with Gasteiger partial charge in [0.05, 0.1) is 5.60 Å². The molecule has 0 bridgehead atoms. The summed E-state index contributed by atoms with van der Waals surface area (Å²) >= 11 is 0. The number of hydrogen-bond donors (Lipinski definition) is 2. The number of hydrogen-bond acceptors (Lipinski definition) is 3. The van der Waals surface area contributed by atoms with Gasteiger partial charge in [-0.05, 0) is 98.9 Å². The monoisotopic (exact) mass is 414 g/mol. The van der Waals surface area contributed by atoms with Gasteiger partial charge in [0, 0.05) is 18.4 Å². The first-order valence-electron chi connectivity index (χ1n) is 12.4. The van der Waals surface area contributed by atoms with Crippen LogP contribution in [-0.4, -0.2) is 28.2 Å². The number of carbonyl (C=O) groups is 1. The third-order valence-electron chi connectivity index (χ3n) is 9.82. The van der Waals surface area contributed by atoms with Crippen molar-refractivity contribution in [2.24, 2.45) is 46.3 Å². The molecular formula is C27H42O3. The van der Waals surface area contributed by atoms with Crippen LogP contribution in [0.4, 0.5) is 0 Å². The lowest BCUT2D eigenvalue weighted by Crippen LogP contribution is -2.56. The first-order chi connectivity index (χ1) is 14.1. The summed E-state index contributed by atoms with van der Waals surface area (Å²) in [7, 11) is 0. The molecule has 0 aromatic rings. The fraction of sp³-hybridized carbons (Fsp3) is 0.815. The van der Waals surface area contributed by atoms with Gasteiger partial charge in [-0.1, -0.05) is 39.0 Å². The van der Waals surface area contributed by atoms with Crippen LogP contribution in [0.2, 0.25) is 0 Å². The van der Waals surface area contributed by atoms with Gasteiger partial charge in [-0.25, -0.2) is 0 Å². The summed E-state index contributed by atoms with van der Waals surface area (Å²) in [5.41, 5.74) is -0.905. The highest BCUT2D eigenvalue weighted by atomic mass is 16.3. The van der Waals surface area contributed by atoms with Crippen LogP contribution in [0.15, 0.2) is 24.3 Å². The summed E-state index contributed by atoms with van der Waals surface area (Å²) in [5.74, 6) is 3.18. The van der Waals surface area contributed by atoms with Crippen LogP contribution in [0.25, 0.3) is 0 Å². The first-order valence-corrected chi connectivity index (χ1v) is 12.4. The summed E-state index contributed by atoms with van der Waals surface area (Å²) in [5, 5.41) is 22.2. The van der Waals surface area contributed by atoms with Crippen molar-refractivity contribution in [3.05, 3.63) is 24.3 Å². The van der Waals surface area contributed by atoms with Gasteiger partial charge in [-0.15, -0.1) is 0 Å². The number of carbonyl (C=O) groups excluding carboxylic acids is 1. The average Bonchev–Trinajstić information content (AvgIpc) is 3.09. The molecule has 3 fully saturated rings. The average molecular weight is 415 g/mol. The molecule has 0 saturated heterocycles. The second-order valence-electron chi connectivity index (χ2n) is 11.8. The van der Waals surface area contributed by atoms with Crippen LogP contribution in [0.1, 0.15) is 79.1 Å². The molecule has 4 aliphatic rings. The van der Waals surface area contributed by atoms with E-state index in [2.05, 4.69) is 32.9 Å². The van der Waals surface area contributed by atoms with Gasteiger partial charge in [0.2, 0.25) is 0 Å². The molecule has 0 aliphatic heterocycles. The Balaban J connectivity index is 1.60. The molecule has 0 radical (unpaired) electrons. The smallest absolute Gasteiger partial charge is 0.155 e. The fourth-order valence-corrected chi connectivity index (χ4v) is 8.32. The minimum atomic E-state index is -0.864. The van der Waals surface area contributed by atoms with Crippen LogP contribution in [0.5, 0.6) is 0 Å². The zero-order chi connectivity index (χ0) is 21.7.